The Labute approximate surface area is 144 Å². The number of hydrogen-bond acceptors (Lipinski definition) is 4. The summed E-state index contributed by atoms with van der Waals surface area (Å²) in [6, 6.07) is 3.82. The van der Waals surface area contributed by atoms with Gasteiger partial charge in [-0.15, -0.1) is 0 Å². The van der Waals surface area contributed by atoms with E-state index in [1.165, 1.54) is 0 Å². The Balaban J connectivity index is 1.94. The van der Waals surface area contributed by atoms with Gasteiger partial charge in [-0.1, -0.05) is 13.8 Å². The molecule has 0 saturated carbocycles. The monoisotopic (exact) mass is 337 g/mol. The molecule has 1 fully saturated rings. The molecule has 2 heterocycles. The van der Waals surface area contributed by atoms with Crippen LogP contribution in [0.15, 0.2) is 22.8 Å². The molecular weight excluding hydrogens is 306 g/mol. The summed E-state index contributed by atoms with van der Waals surface area (Å²) in [5.41, 5.74) is 0. The molecule has 1 aromatic heterocycles. The Morgan fingerprint density at radius 2 is 2.25 bits per heavy atom. The Kier molecular flexibility index (Phi) is 7.12. The van der Waals surface area contributed by atoms with Gasteiger partial charge in [0.1, 0.15) is 5.76 Å². The number of carbonyl (C=O) groups excluding carboxylic acids is 1. The third-order valence-electron chi connectivity index (χ3n) is 5.00. The first-order chi connectivity index (χ1) is 11.6. The summed E-state index contributed by atoms with van der Waals surface area (Å²) in [7, 11) is 0. The van der Waals surface area contributed by atoms with Gasteiger partial charge < -0.3 is 19.7 Å². The van der Waals surface area contributed by atoms with Crippen molar-refractivity contribution in [3.05, 3.63) is 24.2 Å². The molecule has 0 bridgehead atoms. The molecule has 6 heteroatoms. The number of aliphatic hydroxyl groups excluding tert-OH is 1. The predicted octanol–water partition coefficient (Wildman–Crippen LogP) is 2.46. The lowest BCUT2D eigenvalue weighted by Crippen LogP contribution is -2.49. The second kappa shape index (κ2) is 9.08. The van der Waals surface area contributed by atoms with E-state index in [1.54, 1.807) is 13.2 Å². The van der Waals surface area contributed by atoms with Crippen molar-refractivity contribution < 1.29 is 14.3 Å². The van der Waals surface area contributed by atoms with E-state index in [0.717, 1.165) is 38.2 Å². The molecule has 1 aliphatic heterocycles. The SMILES string of the molecule is CCN(CC)C(CNC(=O)N1CCCC(C(C)O)C1)c1ccco1. The van der Waals surface area contributed by atoms with E-state index >= 15 is 0 Å². The molecule has 24 heavy (non-hydrogen) atoms. The minimum absolute atomic E-state index is 0.0382. The molecule has 2 rings (SSSR count). The van der Waals surface area contributed by atoms with Crippen molar-refractivity contribution in [1.29, 1.82) is 0 Å². The van der Waals surface area contributed by atoms with E-state index in [1.807, 2.05) is 17.0 Å². The number of aliphatic hydroxyl groups is 1. The summed E-state index contributed by atoms with van der Waals surface area (Å²) in [6.45, 7) is 9.71. The molecule has 1 aromatic rings. The van der Waals surface area contributed by atoms with Crippen LogP contribution in [0.5, 0.6) is 0 Å². The van der Waals surface area contributed by atoms with Gasteiger partial charge in [-0.05, 0) is 45.0 Å². The van der Waals surface area contributed by atoms with Crippen LogP contribution in [0.2, 0.25) is 0 Å². The van der Waals surface area contributed by atoms with Crippen LogP contribution in [0.4, 0.5) is 4.79 Å². The Bertz CT molecular complexity index is 486. The maximum Gasteiger partial charge on any atom is 0.317 e. The van der Waals surface area contributed by atoms with Crippen molar-refractivity contribution in [3.8, 4) is 0 Å². The fourth-order valence-electron chi connectivity index (χ4n) is 3.44. The van der Waals surface area contributed by atoms with E-state index in [2.05, 4.69) is 24.1 Å². The van der Waals surface area contributed by atoms with Crippen molar-refractivity contribution >= 4 is 6.03 Å². The number of carbonyl (C=O) groups is 1. The average Bonchev–Trinajstić information content (AvgIpc) is 3.12. The lowest BCUT2D eigenvalue weighted by atomic mass is 9.94. The summed E-state index contributed by atoms with van der Waals surface area (Å²) in [4.78, 5) is 16.6. The van der Waals surface area contributed by atoms with Gasteiger partial charge >= 0.3 is 6.03 Å². The predicted molar refractivity (Wildman–Crippen MR) is 93.7 cm³/mol. The highest BCUT2D eigenvalue weighted by molar-refractivity contribution is 5.74. The van der Waals surface area contributed by atoms with Gasteiger partial charge in [-0.3, -0.25) is 4.90 Å². The van der Waals surface area contributed by atoms with E-state index in [4.69, 9.17) is 4.42 Å². The topological polar surface area (TPSA) is 69.0 Å². The number of nitrogens with zero attached hydrogens (tertiary/aromatic N) is 2. The Hall–Kier alpha value is -1.53. The Morgan fingerprint density at radius 1 is 1.50 bits per heavy atom. The summed E-state index contributed by atoms with van der Waals surface area (Å²) in [5.74, 6) is 1.05. The van der Waals surface area contributed by atoms with Gasteiger partial charge in [0.05, 0.1) is 18.4 Å². The first-order valence-corrected chi connectivity index (χ1v) is 9.05. The van der Waals surface area contributed by atoms with Crippen molar-refractivity contribution in [1.82, 2.24) is 15.1 Å². The smallest absolute Gasteiger partial charge is 0.317 e. The maximum absolute atomic E-state index is 12.5. The molecule has 6 nitrogen and oxygen atoms in total. The quantitative estimate of drug-likeness (QED) is 0.802. The van der Waals surface area contributed by atoms with Crippen LogP contribution in [-0.2, 0) is 0 Å². The average molecular weight is 337 g/mol. The van der Waals surface area contributed by atoms with E-state index in [0.29, 0.717) is 13.1 Å². The van der Waals surface area contributed by atoms with Crippen LogP contribution >= 0.6 is 0 Å². The molecule has 0 spiro atoms. The highest BCUT2D eigenvalue weighted by Gasteiger charge is 2.27. The number of urea groups is 1. The van der Waals surface area contributed by atoms with Crippen molar-refractivity contribution in [3.63, 3.8) is 0 Å². The van der Waals surface area contributed by atoms with Crippen molar-refractivity contribution in [2.75, 3.05) is 32.7 Å². The third kappa shape index (κ3) is 4.74. The first-order valence-electron chi connectivity index (χ1n) is 9.05. The lowest BCUT2D eigenvalue weighted by molar-refractivity contribution is 0.0732. The number of rotatable bonds is 7. The summed E-state index contributed by atoms with van der Waals surface area (Å²) >= 11 is 0. The largest absolute Gasteiger partial charge is 0.468 e. The highest BCUT2D eigenvalue weighted by atomic mass is 16.3. The second-order valence-electron chi connectivity index (χ2n) is 6.53. The first kappa shape index (κ1) is 18.8. The molecule has 1 saturated heterocycles. The fourth-order valence-corrected chi connectivity index (χ4v) is 3.44. The van der Waals surface area contributed by atoms with Crippen LogP contribution in [0, 0.1) is 5.92 Å². The van der Waals surface area contributed by atoms with Gasteiger partial charge in [0, 0.05) is 25.6 Å². The third-order valence-corrected chi connectivity index (χ3v) is 5.00. The van der Waals surface area contributed by atoms with Crippen LogP contribution in [0.1, 0.15) is 45.4 Å². The molecule has 2 N–H and O–H groups in total. The number of furan rings is 1. The number of likely N-dealkylation sites (N-methyl/N-ethyl adjacent to an activating group) is 1. The number of nitrogens with one attached hydrogen (secondary N) is 1. The number of hydrogen-bond donors (Lipinski definition) is 2. The summed E-state index contributed by atoms with van der Waals surface area (Å²) in [6.07, 6.45) is 3.23. The maximum atomic E-state index is 12.5. The molecule has 2 amide bonds. The summed E-state index contributed by atoms with van der Waals surface area (Å²) < 4.78 is 5.57. The standard InChI is InChI=1S/C18H31N3O3/c1-4-20(5-2)16(17-9-7-11-24-17)12-19-18(23)21-10-6-8-15(13-21)14(3)22/h7,9,11,14-16,22H,4-6,8,10,12-13H2,1-3H3,(H,19,23). The molecule has 136 valence electrons. The highest BCUT2D eigenvalue weighted by Crippen LogP contribution is 2.22. The minimum atomic E-state index is -0.368. The molecular formula is C18H31N3O3. The van der Waals surface area contributed by atoms with Gasteiger partial charge in [0.25, 0.3) is 0 Å². The zero-order chi connectivity index (χ0) is 17.5. The summed E-state index contributed by atoms with van der Waals surface area (Å²) in [5, 5.41) is 12.8. The molecule has 0 radical (unpaired) electrons. The lowest BCUT2D eigenvalue weighted by Gasteiger charge is -2.35. The minimum Gasteiger partial charge on any atom is -0.468 e. The van der Waals surface area contributed by atoms with Gasteiger partial charge in [0.15, 0.2) is 0 Å². The van der Waals surface area contributed by atoms with Gasteiger partial charge in [0.2, 0.25) is 0 Å². The van der Waals surface area contributed by atoms with Crippen LogP contribution in [-0.4, -0.2) is 59.8 Å². The van der Waals surface area contributed by atoms with E-state index in [9.17, 15) is 9.90 Å². The van der Waals surface area contributed by atoms with Crippen molar-refractivity contribution in [2.24, 2.45) is 5.92 Å². The van der Waals surface area contributed by atoms with Crippen molar-refractivity contribution in [2.45, 2.75) is 45.8 Å². The zero-order valence-corrected chi connectivity index (χ0v) is 15.1. The van der Waals surface area contributed by atoms with Crippen LogP contribution < -0.4 is 5.32 Å². The number of amides is 2. The van der Waals surface area contributed by atoms with Gasteiger partial charge in [-0.25, -0.2) is 4.79 Å². The number of piperidine rings is 1. The molecule has 3 unspecified atom stereocenters. The fraction of sp³-hybridized carbons (Fsp3) is 0.722. The van der Waals surface area contributed by atoms with E-state index < -0.39 is 0 Å². The normalized spacial score (nSPS) is 20.9. The number of likely N-dealkylation sites (tertiary alicyclic amines) is 1. The van der Waals surface area contributed by atoms with E-state index in [-0.39, 0.29) is 24.1 Å². The zero-order valence-electron chi connectivity index (χ0n) is 15.1. The molecule has 0 aliphatic carbocycles. The molecule has 0 aromatic carbocycles. The van der Waals surface area contributed by atoms with Crippen LogP contribution in [0.25, 0.3) is 0 Å². The second-order valence-corrected chi connectivity index (χ2v) is 6.53. The molecule has 1 aliphatic rings. The Morgan fingerprint density at radius 3 is 2.83 bits per heavy atom. The molecule has 3 atom stereocenters. The van der Waals surface area contributed by atoms with Crippen LogP contribution in [0.3, 0.4) is 0 Å². The van der Waals surface area contributed by atoms with Gasteiger partial charge in [-0.2, -0.15) is 0 Å².